The van der Waals surface area contributed by atoms with E-state index in [9.17, 15) is 0 Å². The van der Waals surface area contributed by atoms with Crippen molar-refractivity contribution < 1.29 is 0 Å². The van der Waals surface area contributed by atoms with Gasteiger partial charge in [0.05, 0.1) is 0 Å². The number of aryl methyl sites for hydroxylation is 1. The lowest BCUT2D eigenvalue weighted by atomic mass is 10.0. The van der Waals surface area contributed by atoms with E-state index in [1.54, 1.807) is 0 Å². The highest BCUT2D eigenvalue weighted by atomic mass is 15.3. The Labute approximate surface area is 115 Å². The summed E-state index contributed by atoms with van der Waals surface area (Å²) in [4.78, 5) is 9.20. The van der Waals surface area contributed by atoms with Gasteiger partial charge < -0.3 is 14.4 Å². The molecule has 2 unspecified atom stereocenters. The van der Waals surface area contributed by atoms with E-state index in [0.29, 0.717) is 6.04 Å². The van der Waals surface area contributed by atoms with Crippen LogP contribution >= 0.6 is 0 Å². The van der Waals surface area contributed by atoms with Crippen molar-refractivity contribution in [2.75, 3.05) is 33.7 Å². The summed E-state index contributed by atoms with van der Waals surface area (Å²) in [6.07, 6.45) is 5.88. The first-order valence-electron chi connectivity index (χ1n) is 6.93. The molecule has 1 fully saturated rings. The maximum Gasteiger partial charge on any atom is 0.110 e. The van der Waals surface area contributed by atoms with E-state index in [-0.39, 0.29) is 6.04 Å². The number of hydrazine groups is 1. The zero-order valence-corrected chi connectivity index (χ0v) is 12.2. The Morgan fingerprint density at radius 2 is 2.21 bits per heavy atom. The van der Waals surface area contributed by atoms with Crippen molar-refractivity contribution in [2.24, 2.45) is 12.9 Å². The molecule has 108 valence electrons. The SMILES string of the molecule is CN1CCCN(C)C(C(Cc2nccn2C)NN)C1. The molecule has 1 aliphatic heterocycles. The lowest BCUT2D eigenvalue weighted by Crippen LogP contribution is -2.55. The van der Waals surface area contributed by atoms with E-state index >= 15 is 0 Å². The van der Waals surface area contributed by atoms with Gasteiger partial charge in [-0.25, -0.2) is 4.98 Å². The van der Waals surface area contributed by atoms with Crippen molar-refractivity contribution in [3.8, 4) is 0 Å². The quantitative estimate of drug-likeness (QED) is 0.564. The van der Waals surface area contributed by atoms with Crippen LogP contribution in [-0.2, 0) is 13.5 Å². The summed E-state index contributed by atoms with van der Waals surface area (Å²) in [5.74, 6) is 6.87. The maximum atomic E-state index is 5.80. The highest BCUT2D eigenvalue weighted by Crippen LogP contribution is 2.13. The van der Waals surface area contributed by atoms with Gasteiger partial charge >= 0.3 is 0 Å². The number of nitrogens with one attached hydrogen (secondary N) is 1. The monoisotopic (exact) mass is 266 g/mol. The molecule has 19 heavy (non-hydrogen) atoms. The number of nitrogens with two attached hydrogens (primary N) is 1. The number of imidazole rings is 1. The van der Waals surface area contributed by atoms with E-state index in [0.717, 1.165) is 31.9 Å². The first kappa shape index (κ1) is 14.5. The molecule has 0 aliphatic carbocycles. The van der Waals surface area contributed by atoms with Crippen molar-refractivity contribution in [1.29, 1.82) is 0 Å². The highest BCUT2D eigenvalue weighted by Gasteiger charge is 2.28. The van der Waals surface area contributed by atoms with Gasteiger partial charge in [0, 0.05) is 44.5 Å². The molecule has 1 aromatic heterocycles. The Bertz CT molecular complexity index is 390. The number of rotatable bonds is 4. The van der Waals surface area contributed by atoms with Crippen molar-refractivity contribution in [1.82, 2.24) is 24.8 Å². The summed E-state index contributed by atoms with van der Waals surface area (Å²) < 4.78 is 2.06. The molecule has 1 aliphatic rings. The molecule has 1 saturated heterocycles. The van der Waals surface area contributed by atoms with Crippen LogP contribution in [0.15, 0.2) is 12.4 Å². The summed E-state index contributed by atoms with van der Waals surface area (Å²) >= 11 is 0. The fourth-order valence-electron chi connectivity index (χ4n) is 2.84. The minimum atomic E-state index is 0.214. The Hall–Kier alpha value is -0.950. The average molecular weight is 266 g/mol. The van der Waals surface area contributed by atoms with Crippen LogP contribution in [0, 0.1) is 0 Å². The molecular formula is C13H26N6. The Morgan fingerprint density at radius 1 is 1.42 bits per heavy atom. The summed E-state index contributed by atoms with van der Waals surface area (Å²) in [5.41, 5.74) is 2.99. The molecule has 2 heterocycles. The Balaban J connectivity index is 2.08. The second-order valence-corrected chi connectivity index (χ2v) is 5.60. The lowest BCUT2D eigenvalue weighted by molar-refractivity contribution is 0.176. The van der Waals surface area contributed by atoms with Crippen molar-refractivity contribution in [3.05, 3.63) is 18.2 Å². The van der Waals surface area contributed by atoms with Crippen molar-refractivity contribution in [2.45, 2.75) is 24.9 Å². The fraction of sp³-hybridized carbons (Fsp3) is 0.769. The van der Waals surface area contributed by atoms with Crippen LogP contribution in [0.5, 0.6) is 0 Å². The van der Waals surface area contributed by atoms with Crippen molar-refractivity contribution in [3.63, 3.8) is 0 Å². The number of hydrogen-bond donors (Lipinski definition) is 2. The molecule has 6 nitrogen and oxygen atoms in total. The summed E-state index contributed by atoms with van der Waals surface area (Å²) in [6, 6.07) is 0.626. The van der Waals surface area contributed by atoms with Gasteiger partial charge in [-0.05, 0) is 33.6 Å². The fourth-order valence-corrected chi connectivity index (χ4v) is 2.84. The van der Waals surface area contributed by atoms with Gasteiger partial charge in [-0.2, -0.15) is 0 Å². The Kier molecular flexibility index (Phi) is 4.93. The van der Waals surface area contributed by atoms with E-state index in [1.165, 1.54) is 6.42 Å². The third kappa shape index (κ3) is 3.54. The summed E-state index contributed by atoms with van der Waals surface area (Å²) in [7, 11) is 6.39. The predicted molar refractivity (Wildman–Crippen MR) is 76.6 cm³/mol. The third-order valence-corrected chi connectivity index (χ3v) is 4.12. The normalized spacial score (nSPS) is 24.3. The van der Waals surface area contributed by atoms with Gasteiger partial charge in [-0.15, -0.1) is 0 Å². The van der Waals surface area contributed by atoms with Crippen molar-refractivity contribution >= 4 is 0 Å². The van der Waals surface area contributed by atoms with Crippen LogP contribution in [0.25, 0.3) is 0 Å². The maximum absolute atomic E-state index is 5.80. The molecule has 0 aromatic carbocycles. The zero-order chi connectivity index (χ0) is 13.8. The van der Waals surface area contributed by atoms with Crippen LogP contribution in [0.3, 0.4) is 0 Å². The largest absolute Gasteiger partial charge is 0.338 e. The number of nitrogens with zero attached hydrogens (tertiary/aromatic N) is 4. The zero-order valence-electron chi connectivity index (χ0n) is 12.2. The second-order valence-electron chi connectivity index (χ2n) is 5.60. The highest BCUT2D eigenvalue weighted by molar-refractivity contribution is 4.98. The first-order chi connectivity index (χ1) is 9.11. The molecular weight excluding hydrogens is 240 g/mol. The third-order valence-electron chi connectivity index (χ3n) is 4.12. The molecule has 6 heteroatoms. The molecule has 2 rings (SSSR count). The average Bonchev–Trinajstić information content (AvgIpc) is 2.70. The van der Waals surface area contributed by atoms with E-state index < -0.39 is 0 Å². The molecule has 2 atom stereocenters. The predicted octanol–water partition coefficient (Wildman–Crippen LogP) is -0.570. The minimum absolute atomic E-state index is 0.214. The molecule has 0 amide bonds. The number of likely N-dealkylation sites (N-methyl/N-ethyl adjacent to an activating group) is 2. The van der Waals surface area contributed by atoms with E-state index in [1.807, 2.05) is 19.4 Å². The Morgan fingerprint density at radius 3 is 2.84 bits per heavy atom. The van der Waals surface area contributed by atoms with Crippen LogP contribution in [-0.4, -0.2) is 65.2 Å². The van der Waals surface area contributed by atoms with Gasteiger partial charge in [0.15, 0.2) is 0 Å². The van der Waals surface area contributed by atoms with E-state index in [4.69, 9.17) is 5.84 Å². The summed E-state index contributed by atoms with van der Waals surface area (Å²) in [6.45, 7) is 3.31. The standard InChI is InChI=1S/C13H26N6/c1-17-6-4-7-18(2)12(10-17)11(16-14)9-13-15-5-8-19(13)3/h5,8,11-12,16H,4,6-7,9-10,14H2,1-3H3. The van der Waals surface area contributed by atoms with Gasteiger partial charge in [-0.1, -0.05) is 0 Å². The minimum Gasteiger partial charge on any atom is -0.338 e. The second kappa shape index (κ2) is 6.47. The molecule has 0 spiro atoms. The number of hydrogen-bond acceptors (Lipinski definition) is 5. The molecule has 0 saturated carbocycles. The van der Waals surface area contributed by atoms with Gasteiger partial charge in [0.25, 0.3) is 0 Å². The van der Waals surface area contributed by atoms with Gasteiger partial charge in [0.2, 0.25) is 0 Å². The van der Waals surface area contributed by atoms with E-state index in [2.05, 4.69) is 38.9 Å². The van der Waals surface area contributed by atoms with Crippen LogP contribution in [0.2, 0.25) is 0 Å². The van der Waals surface area contributed by atoms with Gasteiger partial charge in [-0.3, -0.25) is 11.3 Å². The number of aromatic nitrogens is 2. The summed E-state index contributed by atoms with van der Waals surface area (Å²) in [5, 5.41) is 0. The lowest BCUT2D eigenvalue weighted by Gasteiger charge is -2.34. The molecule has 0 radical (unpaired) electrons. The molecule has 1 aromatic rings. The van der Waals surface area contributed by atoms with Gasteiger partial charge in [0.1, 0.15) is 5.82 Å². The van der Waals surface area contributed by atoms with Crippen LogP contribution in [0.4, 0.5) is 0 Å². The van der Waals surface area contributed by atoms with Crippen LogP contribution in [0.1, 0.15) is 12.2 Å². The van der Waals surface area contributed by atoms with Crippen LogP contribution < -0.4 is 11.3 Å². The first-order valence-corrected chi connectivity index (χ1v) is 6.93. The molecule has 3 N–H and O–H groups in total. The molecule has 0 bridgehead atoms. The smallest absolute Gasteiger partial charge is 0.110 e. The topological polar surface area (TPSA) is 62.3 Å².